The van der Waals surface area contributed by atoms with Gasteiger partial charge in [0.1, 0.15) is 0 Å². The van der Waals surface area contributed by atoms with Crippen molar-refractivity contribution in [1.82, 2.24) is 9.13 Å². The minimum Gasteiger partial charge on any atom is -0.358 e. The zero-order valence-electron chi connectivity index (χ0n) is 32.3. The number of hydrogen-bond acceptors (Lipinski definition) is 0. The number of para-hydroxylation sites is 4. The van der Waals surface area contributed by atoms with Gasteiger partial charge in [0.15, 0.2) is 0 Å². The number of nitrogens with zero attached hydrogens (tertiary/aromatic N) is 3. The number of aromatic nitrogens is 3. The van der Waals surface area contributed by atoms with Crippen LogP contribution in [-0.2, 0) is 37.3 Å². The standard InChI is InChI=1S/C26H27N.C23H21N2.Pt/c1-25(2,3)18-12-14-23-21(16-18)22-17-19(26(4,5)6)13-15-24(22)27(23)20-10-8-7-9-11-20;1-23(2,3)18-13-15-20(16-14-18)25-17-24(19-9-5-4-6-10-19)21-11-7-8-12-22(21)25;/h7-10,12-14,16-17H,1-6H3;4-9,11-16H,1-3H3;/q-2;-1;+4. The van der Waals surface area contributed by atoms with Crippen LogP contribution in [0.1, 0.15) is 79.0 Å². The average molecular weight is 874 g/mol. The second-order valence-electron chi connectivity index (χ2n) is 16.8. The summed E-state index contributed by atoms with van der Waals surface area (Å²) in [5.74, 6) is 0. The molecule has 0 saturated carbocycles. The third-order valence-electron chi connectivity index (χ3n) is 9.82. The number of rotatable bonds is 3. The molecule has 0 bridgehead atoms. The first-order chi connectivity index (χ1) is 24.7. The van der Waals surface area contributed by atoms with Gasteiger partial charge in [-0.15, -0.1) is 17.0 Å². The van der Waals surface area contributed by atoms with Crippen molar-refractivity contribution in [1.29, 1.82) is 0 Å². The molecule has 0 spiro atoms. The van der Waals surface area contributed by atoms with Crippen LogP contribution in [0, 0.1) is 24.5 Å². The number of fused-ring (bicyclic) bond motifs is 4. The Morgan fingerprint density at radius 2 is 1.08 bits per heavy atom. The quantitative estimate of drug-likeness (QED) is 0.124. The van der Waals surface area contributed by atoms with Crippen molar-refractivity contribution in [2.75, 3.05) is 0 Å². The molecule has 0 atom stereocenters. The summed E-state index contributed by atoms with van der Waals surface area (Å²) in [5, 5.41) is 2.55. The van der Waals surface area contributed by atoms with Gasteiger partial charge in [-0.25, -0.2) is 0 Å². The molecule has 0 amide bonds. The molecular weight excluding hydrogens is 826 g/mol. The number of imidazole rings is 1. The molecule has 0 radical (unpaired) electrons. The molecule has 268 valence electrons. The second-order valence-corrected chi connectivity index (χ2v) is 16.8. The van der Waals surface area contributed by atoms with E-state index >= 15 is 0 Å². The van der Waals surface area contributed by atoms with Crippen LogP contribution in [0.4, 0.5) is 0 Å². The second kappa shape index (κ2) is 14.6. The van der Waals surface area contributed by atoms with Crippen molar-refractivity contribution in [2.24, 2.45) is 0 Å². The predicted molar refractivity (Wildman–Crippen MR) is 217 cm³/mol. The molecule has 3 nitrogen and oxygen atoms in total. The van der Waals surface area contributed by atoms with Crippen LogP contribution in [0.3, 0.4) is 0 Å². The molecule has 0 aliphatic heterocycles. The van der Waals surface area contributed by atoms with Gasteiger partial charge in [-0.05, 0) is 51.2 Å². The molecule has 0 unspecified atom stereocenters. The van der Waals surface area contributed by atoms with Gasteiger partial charge in [-0.2, -0.15) is 72.8 Å². The first kappa shape index (κ1) is 38.0. The van der Waals surface area contributed by atoms with E-state index in [0.29, 0.717) is 0 Å². The Balaban J connectivity index is 0.000000178. The molecule has 0 fully saturated rings. The van der Waals surface area contributed by atoms with Gasteiger partial charge in [-0.1, -0.05) is 127 Å². The summed E-state index contributed by atoms with van der Waals surface area (Å²) in [6.45, 7) is 20.3. The van der Waals surface area contributed by atoms with Crippen molar-refractivity contribution < 1.29 is 25.6 Å². The van der Waals surface area contributed by atoms with Crippen molar-refractivity contribution >= 4 is 32.8 Å². The Labute approximate surface area is 330 Å². The minimum atomic E-state index is 0. The van der Waals surface area contributed by atoms with E-state index in [1.807, 2.05) is 30.3 Å². The van der Waals surface area contributed by atoms with Crippen molar-refractivity contribution in [3.05, 3.63) is 169 Å². The normalized spacial score (nSPS) is 12.1. The summed E-state index contributed by atoms with van der Waals surface area (Å²) in [7, 11) is 0. The van der Waals surface area contributed by atoms with Gasteiger partial charge in [0.05, 0.1) is 16.7 Å². The zero-order chi connectivity index (χ0) is 36.8. The summed E-state index contributed by atoms with van der Waals surface area (Å²) in [4.78, 5) is 0. The molecule has 2 heterocycles. The van der Waals surface area contributed by atoms with Crippen molar-refractivity contribution in [3.8, 4) is 17.1 Å². The van der Waals surface area contributed by atoms with Crippen molar-refractivity contribution in [3.63, 3.8) is 0 Å². The van der Waals surface area contributed by atoms with Crippen LogP contribution in [0.2, 0.25) is 0 Å². The topological polar surface area (TPSA) is 13.7 Å². The van der Waals surface area contributed by atoms with Crippen LogP contribution in [0.15, 0.2) is 127 Å². The molecule has 4 heteroatoms. The van der Waals surface area contributed by atoms with E-state index in [4.69, 9.17) is 0 Å². The van der Waals surface area contributed by atoms with Crippen LogP contribution >= 0.6 is 0 Å². The summed E-state index contributed by atoms with van der Waals surface area (Å²) in [5.41, 5.74) is 12.1. The van der Waals surface area contributed by atoms with Gasteiger partial charge >= 0.3 is 21.1 Å². The average Bonchev–Trinajstić information content (AvgIpc) is 3.67. The smallest absolute Gasteiger partial charge is 0.358 e. The monoisotopic (exact) mass is 873 g/mol. The maximum atomic E-state index is 3.58. The van der Waals surface area contributed by atoms with Gasteiger partial charge in [0.25, 0.3) is 6.33 Å². The molecule has 8 rings (SSSR count). The Kier molecular flexibility index (Phi) is 10.5. The molecule has 6 aromatic carbocycles. The third-order valence-corrected chi connectivity index (χ3v) is 9.82. The van der Waals surface area contributed by atoms with Gasteiger partial charge in [0, 0.05) is 5.52 Å². The molecule has 0 N–H and O–H groups in total. The Morgan fingerprint density at radius 1 is 0.509 bits per heavy atom. The number of hydrogen-bond donors (Lipinski definition) is 0. The summed E-state index contributed by atoms with van der Waals surface area (Å²) in [6.07, 6.45) is 3.48. The van der Waals surface area contributed by atoms with Crippen molar-refractivity contribution in [2.45, 2.75) is 78.6 Å². The van der Waals surface area contributed by atoms with Gasteiger partial charge in [-0.3, -0.25) is 4.57 Å². The van der Waals surface area contributed by atoms with E-state index in [-0.39, 0.29) is 37.3 Å². The van der Waals surface area contributed by atoms with E-state index in [1.165, 1.54) is 33.0 Å². The Bertz CT molecular complexity index is 2410. The fraction of sp³-hybridized carbons (Fsp3) is 0.245. The molecule has 0 saturated heterocycles. The maximum Gasteiger partial charge on any atom is 4.00 e. The summed E-state index contributed by atoms with van der Waals surface area (Å²) in [6, 6.07) is 54.9. The fourth-order valence-electron chi connectivity index (χ4n) is 6.68. The first-order valence-corrected chi connectivity index (χ1v) is 18.2. The van der Waals surface area contributed by atoms with Crippen LogP contribution in [0.5, 0.6) is 0 Å². The molecular formula is C49H48N3Pt+. The molecule has 53 heavy (non-hydrogen) atoms. The van der Waals surface area contributed by atoms with E-state index in [1.54, 1.807) is 0 Å². The van der Waals surface area contributed by atoms with Crippen LogP contribution in [-0.4, -0.2) is 9.13 Å². The van der Waals surface area contributed by atoms with Gasteiger partial charge < -0.3 is 9.13 Å². The van der Waals surface area contributed by atoms with E-state index in [2.05, 4.69) is 198 Å². The fourth-order valence-corrected chi connectivity index (χ4v) is 6.68. The predicted octanol–water partition coefficient (Wildman–Crippen LogP) is 11.8. The van der Waals surface area contributed by atoms with Gasteiger partial charge in [0.2, 0.25) is 0 Å². The minimum absolute atomic E-state index is 0. The SMILES string of the molecule is CC(C)(C)c1c[c-]c2c(c1)c1cc(C(C)(C)C)ccc1n2-c1[c-]cccc1.CC(C)(C)c1ccc(-[n+]2[c-]n(-c3[c-]cccc3)c3ccccc32)cc1.[Pt+4]. The van der Waals surface area contributed by atoms with Crippen LogP contribution < -0.4 is 4.57 Å². The maximum absolute atomic E-state index is 3.58. The zero-order valence-corrected chi connectivity index (χ0v) is 34.6. The van der Waals surface area contributed by atoms with E-state index in [0.717, 1.165) is 33.6 Å². The summed E-state index contributed by atoms with van der Waals surface area (Å²) >= 11 is 0. The van der Waals surface area contributed by atoms with E-state index in [9.17, 15) is 0 Å². The molecule has 8 aromatic rings. The van der Waals surface area contributed by atoms with Crippen LogP contribution in [0.25, 0.3) is 49.9 Å². The Morgan fingerprint density at radius 3 is 1.68 bits per heavy atom. The third kappa shape index (κ3) is 7.69. The molecule has 2 aromatic heterocycles. The first-order valence-electron chi connectivity index (χ1n) is 18.2. The molecule has 0 aliphatic carbocycles. The van der Waals surface area contributed by atoms with E-state index < -0.39 is 0 Å². The summed E-state index contributed by atoms with van der Waals surface area (Å²) < 4.78 is 6.46. The molecule has 0 aliphatic rings. The number of benzene rings is 6. The Hall–Kier alpha value is -4.72. The largest absolute Gasteiger partial charge is 4.00 e.